The van der Waals surface area contributed by atoms with Gasteiger partial charge in [-0.15, -0.1) is 0 Å². The summed E-state index contributed by atoms with van der Waals surface area (Å²) in [5.41, 5.74) is -0.581. The minimum atomic E-state index is -1.24. The largest absolute Gasteiger partial charge is 0.478 e. The Hall–Kier alpha value is -2.90. The van der Waals surface area contributed by atoms with Crippen molar-refractivity contribution in [3.63, 3.8) is 0 Å². The van der Waals surface area contributed by atoms with Crippen LogP contribution in [0.3, 0.4) is 0 Å². The third-order valence-corrected chi connectivity index (χ3v) is 2.56. The first-order chi connectivity index (χ1) is 9.51. The SMILES string of the molecule is CCn1cc(Oc2ccc(C(=O)O)cc2[N+](=O)[O-])cn1. The fourth-order valence-electron chi connectivity index (χ4n) is 1.58. The summed E-state index contributed by atoms with van der Waals surface area (Å²) < 4.78 is 6.97. The minimum absolute atomic E-state index is 0.0318. The molecular weight excluding hydrogens is 266 g/mol. The van der Waals surface area contributed by atoms with Gasteiger partial charge >= 0.3 is 11.7 Å². The lowest BCUT2D eigenvalue weighted by molar-refractivity contribution is -0.385. The second-order valence-electron chi connectivity index (χ2n) is 3.88. The summed E-state index contributed by atoms with van der Waals surface area (Å²) in [6.45, 7) is 2.53. The second kappa shape index (κ2) is 5.39. The maximum absolute atomic E-state index is 11.0. The number of ether oxygens (including phenoxy) is 1. The zero-order chi connectivity index (χ0) is 14.7. The molecule has 104 valence electrons. The Morgan fingerprint density at radius 1 is 1.55 bits per heavy atom. The van der Waals surface area contributed by atoms with Gasteiger partial charge in [-0.2, -0.15) is 5.10 Å². The molecule has 0 radical (unpaired) electrons. The summed E-state index contributed by atoms with van der Waals surface area (Å²) in [6.07, 6.45) is 3.02. The summed E-state index contributed by atoms with van der Waals surface area (Å²) >= 11 is 0. The van der Waals surface area contributed by atoms with E-state index in [1.807, 2.05) is 6.92 Å². The molecule has 0 aliphatic heterocycles. The molecule has 2 aromatic rings. The molecule has 2 rings (SSSR count). The molecule has 0 aliphatic carbocycles. The molecule has 0 bridgehead atoms. The third kappa shape index (κ3) is 2.74. The van der Waals surface area contributed by atoms with Crippen molar-refractivity contribution in [2.45, 2.75) is 13.5 Å². The van der Waals surface area contributed by atoms with E-state index in [4.69, 9.17) is 9.84 Å². The van der Waals surface area contributed by atoms with Crippen LogP contribution >= 0.6 is 0 Å². The number of benzene rings is 1. The third-order valence-electron chi connectivity index (χ3n) is 2.56. The van der Waals surface area contributed by atoms with Crippen molar-refractivity contribution in [2.24, 2.45) is 0 Å². The van der Waals surface area contributed by atoms with E-state index in [0.717, 1.165) is 6.07 Å². The van der Waals surface area contributed by atoms with Crippen LogP contribution in [0.1, 0.15) is 17.3 Å². The molecule has 0 spiro atoms. The molecule has 1 aromatic carbocycles. The summed E-state index contributed by atoms with van der Waals surface area (Å²) in [7, 11) is 0. The van der Waals surface area contributed by atoms with Crippen LogP contribution < -0.4 is 4.74 Å². The number of nitro benzene ring substituents is 1. The molecule has 1 aromatic heterocycles. The number of hydrogen-bond donors (Lipinski definition) is 1. The Morgan fingerprint density at radius 3 is 2.85 bits per heavy atom. The maximum atomic E-state index is 11.0. The quantitative estimate of drug-likeness (QED) is 0.663. The van der Waals surface area contributed by atoms with E-state index >= 15 is 0 Å². The molecular formula is C12H11N3O5. The van der Waals surface area contributed by atoms with Gasteiger partial charge in [0.1, 0.15) is 0 Å². The van der Waals surface area contributed by atoms with Crippen molar-refractivity contribution in [1.29, 1.82) is 0 Å². The van der Waals surface area contributed by atoms with Gasteiger partial charge in [0.15, 0.2) is 5.75 Å². The van der Waals surface area contributed by atoms with Crippen LogP contribution in [0.4, 0.5) is 5.69 Å². The predicted molar refractivity (Wildman–Crippen MR) is 68.0 cm³/mol. The van der Waals surface area contributed by atoms with E-state index in [9.17, 15) is 14.9 Å². The Kier molecular flexibility index (Phi) is 3.65. The van der Waals surface area contributed by atoms with E-state index in [1.165, 1.54) is 18.3 Å². The number of carboxylic acid groups (broad SMARTS) is 1. The van der Waals surface area contributed by atoms with Gasteiger partial charge in [0.25, 0.3) is 0 Å². The summed E-state index contributed by atoms with van der Waals surface area (Å²) in [5.74, 6) is -0.924. The van der Waals surface area contributed by atoms with Crippen LogP contribution in [0.15, 0.2) is 30.6 Å². The lowest BCUT2D eigenvalue weighted by Gasteiger charge is -2.04. The fraction of sp³-hybridized carbons (Fsp3) is 0.167. The van der Waals surface area contributed by atoms with Crippen molar-refractivity contribution in [2.75, 3.05) is 0 Å². The van der Waals surface area contributed by atoms with E-state index in [-0.39, 0.29) is 11.3 Å². The number of aryl methyl sites for hydroxylation is 1. The first kappa shape index (κ1) is 13.5. The normalized spacial score (nSPS) is 10.2. The highest BCUT2D eigenvalue weighted by molar-refractivity contribution is 5.88. The lowest BCUT2D eigenvalue weighted by Crippen LogP contribution is -1.99. The monoisotopic (exact) mass is 277 g/mol. The highest BCUT2D eigenvalue weighted by atomic mass is 16.6. The van der Waals surface area contributed by atoms with Crippen molar-refractivity contribution < 1.29 is 19.6 Å². The number of hydrogen-bond acceptors (Lipinski definition) is 5. The van der Waals surface area contributed by atoms with Gasteiger partial charge in [-0.05, 0) is 19.1 Å². The molecule has 1 N–H and O–H groups in total. The fourth-order valence-corrected chi connectivity index (χ4v) is 1.58. The summed E-state index contributed by atoms with van der Waals surface area (Å²) in [5, 5.41) is 23.8. The molecule has 20 heavy (non-hydrogen) atoms. The molecule has 0 aliphatic rings. The number of carbonyl (C=O) groups is 1. The Labute approximate surface area is 113 Å². The zero-order valence-corrected chi connectivity index (χ0v) is 10.5. The first-order valence-corrected chi connectivity index (χ1v) is 5.73. The number of nitro groups is 1. The first-order valence-electron chi connectivity index (χ1n) is 5.73. The van der Waals surface area contributed by atoms with Crippen molar-refractivity contribution in [1.82, 2.24) is 9.78 Å². The van der Waals surface area contributed by atoms with Gasteiger partial charge in [-0.25, -0.2) is 4.79 Å². The molecule has 0 amide bonds. The van der Waals surface area contributed by atoms with Gasteiger partial charge in [0, 0.05) is 12.6 Å². The molecule has 0 saturated heterocycles. The van der Waals surface area contributed by atoms with Gasteiger partial charge in [0.05, 0.1) is 22.9 Å². The zero-order valence-electron chi connectivity index (χ0n) is 10.5. The van der Waals surface area contributed by atoms with Gasteiger partial charge in [-0.1, -0.05) is 0 Å². The number of nitrogens with zero attached hydrogens (tertiary/aromatic N) is 3. The standard InChI is InChI=1S/C12H11N3O5/c1-2-14-7-9(6-13-14)20-11-4-3-8(12(16)17)5-10(11)15(18)19/h3-7H,2H2,1H3,(H,16,17). The average molecular weight is 277 g/mol. The Balaban J connectivity index is 2.35. The molecule has 8 nitrogen and oxygen atoms in total. The van der Waals surface area contributed by atoms with E-state index in [2.05, 4.69) is 5.10 Å². The second-order valence-corrected chi connectivity index (χ2v) is 3.88. The van der Waals surface area contributed by atoms with Gasteiger partial charge < -0.3 is 9.84 Å². The van der Waals surface area contributed by atoms with Crippen LogP contribution in [-0.2, 0) is 6.54 Å². The van der Waals surface area contributed by atoms with E-state index in [0.29, 0.717) is 12.3 Å². The number of aromatic nitrogens is 2. The number of carboxylic acids is 1. The van der Waals surface area contributed by atoms with E-state index < -0.39 is 16.6 Å². The number of aromatic carboxylic acids is 1. The molecule has 0 fully saturated rings. The van der Waals surface area contributed by atoms with Crippen molar-refractivity contribution in [3.05, 3.63) is 46.3 Å². The van der Waals surface area contributed by atoms with Crippen molar-refractivity contribution in [3.8, 4) is 11.5 Å². The molecule has 1 heterocycles. The smallest absolute Gasteiger partial charge is 0.335 e. The highest BCUT2D eigenvalue weighted by Gasteiger charge is 2.19. The highest BCUT2D eigenvalue weighted by Crippen LogP contribution is 2.32. The number of rotatable bonds is 5. The summed E-state index contributed by atoms with van der Waals surface area (Å²) in [6, 6.07) is 3.46. The van der Waals surface area contributed by atoms with E-state index in [1.54, 1.807) is 10.9 Å². The average Bonchev–Trinajstić information content (AvgIpc) is 2.86. The minimum Gasteiger partial charge on any atom is -0.478 e. The van der Waals surface area contributed by atoms with Crippen LogP contribution in [0.25, 0.3) is 0 Å². The molecule has 0 unspecified atom stereocenters. The van der Waals surface area contributed by atoms with Gasteiger partial charge in [0.2, 0.25) is 5.75 Å². The molecule has 8 heteroatoms. The lowest BCUT2D eigenvalue weighted by atomic mass is 10.2. The van der Waals surface area contributed by atoms with Crippen molar-refractivity contribution >= 4 is 11.7 Å². The predicted octanol–water partition coefficient (Wildman–Crippen LogP) is 2.30. The van der Waals surface area contributed by atoms with Crippen LogP contribution in [0.2, 0.25) is 0 Å². The topological polar surface area (TPSA) is 107 Å². The van der Waals surface area contributed by atoms with Crippen LogP contribution in [0, 0.1) is 10.1 Å². The Morgan fingerprint density at radius 2 is 2.30 bits per heavy atom. The Bertz CT molecular complexity index is 665. The van der Waals surface area contributed by atoms with Gasteiger partial charge in [-0.3, -0.25) is 14.8 Å². The molecule has 0 saturated carbocycles. The summed E-state index contributed by atoms with van der Waals surface area (Å²) in [4.78, 5) is 21.1. The maximum Gasteiger partial charge on any atom is 0.335 e. The van der Waals surface area contributed by atoms with Crippen LogP contribution in [0.5, 0.6) is 11.5 Å². The molecule has 0 atom stereocenters. The van der Waals surface area contributed by atoms with Crippen LogP contribution in [-0.4, -0.2) is 25.8 Å².